The molecule has 0 aliphatic heterocycles. The molecule has 3 unspecified atom stereocenters. The van der Waals surface area contributed by atoms with Crippen LogP contribution in [-0.2, 0) is 11.8 Å². The summed E-state index contributed by atoms with van der Waals surface area (Å²) in [7, 11) is 0. The zero-order valence-electron chi connectivity index (χ0n) is 16.5. The van der Waals surface area contributed by atoms with Crippen LogP contribution in [0.5, 0.6) is 0 Å². The fraction of sp³-hybridized carbons (Fsp3) is 0.478. The number of hydrogen-bond donors (Lipinski definition) is 2. The van der Waals surface area contributed by atoms with Crippen LogP contribution in [-0.4, -0.2) is 22.1 Å². The minimum Gasteiger partial charge on any atom is -0.393 e. The number of aliphatic hydroxyl groups is 1. The number of carbonyl (C=O) groups is 1. The lowest BCUT2D eigenvalue weighted by molar-refractivity contribution is 0.0542. The predicted molar refractivity (Wildman–Crippen MR) is 115 cm³/mol. The van der Waals surface area contributed by atoms with Crippen molar-refractivity contribution < 1.29 is 9.90 Å². The van der Waals surface area contributed by atoms with Crippen LogP contribution in [0.2, 0.25) is 0 Å². The number of nitrogens with one attached hydrogen (secondary N) is 1. The first-order valence-electron chi connectivity index (χ1n) is 10.1. The number of aryl methyl sites for hydroxylation is 2. The summed E-state index contributed by atoms with van der Waals surface area (Å²) in [5, 5.41) is 13.1. The van der Waals surface area contributed by atoms with Crippen molar-refractivity contribution in [3.8, 4) is 0 Å². The van der Waals surface area contributed by atoms with Crippen LogP contribution in [0, 0.1) is 12.8 Å². The Hall–Kier alpha value is -1.72. The van der Waals surface area contributed by atoms with Crippen molar-refractivity contribution in [2.45, 2.75) is 63.9 Å². The molecule has 1 saturated carbocycles. The summed E-state index contributed by atoms with van der Waals surface area (Å²) in [6.45, 7) is 4.24. The largest absolute Gasteiger partial charge is 0.393 e. The van der Waals surface area contributed by atoms with Gasteiger partial charge in [0.2, 0.25) is 0 Å². The van der Waals surface area contributed by atoms with Gasteiger partial charge in [-0.1, -0.05) is 13.0 Å². The molecule has 2 aromatic rings. The number of aromatic nitrogens is 1. The molecule has 4 rings (SSSR count). The second kappa shape index (κ2) is 7.60. The van der Waals surface area contributed by atoms with E-state index in [0.717, 1.165) is 54.5 Å². The van der Waals surface area contributed by atoms with Crippen molar-refractivity contribution >= 4 is 27.5 Å². The van der Waals surface area contributed by atoms with Gasteiger partial charge in [-0.05, 0) is 108 Å². The van der Waals surface area contributed by atoms with E-state index in [2.05, 4.69) is 45.3 Å². The van der Waals surface area contributed by atoms with E-state index in [1.165, 1.54) is 11.1 Å². The number of benzene rings is 1. The van der Waals surface area contributed by atoms with E-state index in [1.54, 1.807) is 0 Å². The van der Waals surface area contributed by atoms with Crippen LogP contribution in [0.25, 0.3) is 0 Å². The quantitative estimate of drug-likeness (QED) is 0.631. The number of amides is 1. The minimum absolute atomic E-state index is 0.0972. The summed E-state index contributed by atoms with van der Waals surface area (Å²) in [5.41, 5.74) is 4.98. The van der Waals surface area contributed by atoms with Gasteiger partial charge in [0.15, 0.2) is 0 Å². The van der Waals surface area contributed by atoms with E-state index in [-0.39, 0.29) is 17.4 Å². The van der Waals surface area contributed by atoms with Crippen LogP contribution in [0.3, 0.4) is 0 Å². The van der Waals surface area contributed by atoms with Crippen LogP contribution >= 0.6 is 15.9 Å². The first-order chi connectivity index (χ1) is 13.4. The van der Waals surface area contributed by atoms with E-state index in [1.807, 2.05) is 25.1 Å². The molecule has 1 amide bonds. The molecule has 5 heteroatoms. The van der Waals surface area contributed by atoms with Crippen molar-refractivity contribution in [2.24, 2.45) is 5.92 Å². The van der Waals surface area contributed by atoms with Crippen molar-refractivity contribution in [1.82, 2.24) is 4.98 Å². The highest BCUT2D eigenvalue weighted by Crippen LogP contribution is 2.49. The number of rotatable bonds is 2. The highest BCUT2D eigenvalue weighted by atomic mass is 79.9. The molecule has 2 N–H and O–H groups in total. The molecule has 0 saturated heterocycles. The van der Waals surface area contributed by atoms with Gasteiger partial charge in [-0.2, -0.15) is 0 Å². The Bertz CT molecular complexity index is 913. The Labute approximate surface area is 174 Å². The highest BCUT2D eigenvalue weighted by Gasteiger charge is 2.42. The monoisotopic (exact) mass is 442 g/mol. The number of aliphatic hydroxyl groups excluding tert-OH is 1. The number of fused-ring (bicyclic) bond motifs is 3. The molecule has 1 heterocycles. The van der Waals surface area contributed by atoms with Crippen molar-refractivity contribution in [3.05, 3.63) is 57.3 Å². The third-order valence-electron chi connectivity index (χ3n) is 6.74. The number of pyridine rings is 1. The van der Waals surface area contributed by atoms with Crippen LogP contribution in [0.15, 0.2) is 34.9 Å². The van der Waals surface area contributed by atoms with Gasteiger partial charge in [-0.15, -0.1) is 0 Å². The van der Waals surface area contributed by atoms with E-state index in [4.69, 9.17) is 0 Å². The standard InChI is InChI=1S/C23H27BrN2O2/c1-14-20(8-9-21(24)25-14)26-22(28)16-6-7-19-15(12-16)4-3-5-17-13-18(27)10-11-23(17,19)2/h6-9,12,17-18,27H,3-5,10-11,13H2,1-2H3,(H,26,28). The Morgan fingerprint density at radius 3 is 2.89 bits per heavy atom. The predicted octanol–water partition coefficient (Wildman–Crippen LogP) is 5.16. The molecule has 3 atom stereocenters. The lowest BCUT2D eigenvalue weighted by Crippen LogP contribution is -2.39. The maximum Gasteiger partial charge on any atom is 0.255 e. The first kappa shape index (κ1) is 19.6. The fourth-order valence-electron chi connectivity index (χ4n) is 5.06. The molecule has 0 bridgehead atoms. The molecule has 28 heavy (non-hydrogen) atoms. The van der Waals surface area contributed by atoms with E-state index >= 15 is 0 Å². The Kier molecular flexibility index (Phi) is 5.32. The van der Waals surface area contributed by atoms with Crippen LogP contribution < -0.4 is 5.32 Å². The maximum atomic E-state index is 12.8. The van der Waals surface area contributed by atoms with Gasteiger partial charge in [0.05, 0.1) is 17.5 Å². The Morgan fingerprint density at radius 1 is 1.29 bits per heavy atom. The van der Waals surface area contributed by atoms with Crippen molar-refractivity contribution in [3.63, 3.8) is 0 Å². The summed E-state index contributed by atoms with van der Waals surface area (Å²) in [4.78, 5) is 17.2. The second-order valence-electron chi connectivity index (χ2n) is 8.53. The van der Waals surface area contributed by atoms with E-state index in [0.29, 0.717) is 11.5 Å². The lowest BCUT2D eigenvalue weighted by atomic mass is 9.62. The lowest BCUT2D eigenvalue weighted by Gasteiger charge is -2.43. The summed E-state index contributed by atoms with van der Waals surface area (Å²) in [5.74, 6) is 0.425. The molecule has 1 fully saturated rings. The second-order valence-corrected chi connectivity index (χ2v) is 9.34. The first-order valence-corrected chi connectivity index (χ1v) is 10.9. The number of carbonyl (C=O) groups excluding carboxylic acids is 1. The molecule has 148 valence electrons. The van der Waals surface area contributed by atoms with Gasteiger partial charge in [0.25, 0.3) is 5.91 Å². The molecular formula is C23H27BrN2O2. The highest BCUT2D eigenvalue weighted by molar-refractivity contribution is 9.10. The SMILES string of the molecule is Cc1nc(Br)ccc1NC(=O)c1ccc2c(c1)CCCC1CC(O)CCC21C. The molecule has 0 spiro atoms. The molecule has 2 aliphatic rings. The molecule has 4 nitrogen and oxygen atoms in total. The molecular weight excluding hydrogens is 416 g/mol. The van der Waals surface area contributed by atoms with Crippen molar-refractivity contribution in [2.75, 3.05) is 5.32 Å². The Balaban J connectivity index is 1.62. The molecule has 0 radical (unpaired) electrons. The topological polar surface area (TPSA) is 62.2 Å². The normalized spacial score (nSPS) is 26.7. The van der Waals surface area contributed by atoms with E-state index < -0.39 is 0 Å². The van der Waals surface area contributed by atoms with Crippen LogP contribution in [0.1, 0.15) is 66.2 Å². The maximum absolute atomic E-state index is 12.8. The summed E-state index contributed by atoms with van der Waals surface area (Å²) < 4.78 is 0.758. The Morgan fingerprint density at radius 2 is 2.11 bits per heavy atom. The zero-order chi connectivity index (χ0) is 19.9. The van der Waals surface area contributed by atoms with E-state index in [9.17, 15) is 9.90 Å². The summed E-state index contributed by atoms with van der Waals surface area (Å²) in [6.07, 6.45) is 5.87. The molecule has 1 aromatic heterocycles. The summed E-state index contributed by atoms with van der Waals surface area (Å²) in [6, 6.07) is 9.89. The van der Waals surface area contributed by atoms with Gasteiger partial charge in [0, 0.05) is 5.56 Å². The van der Waals surface area contributed by atoms with Gasteiger partial charge >= 0.3 is 0 Å². The fourth-order valence-corrected chi connectivity index (χ4v) is 5.46. The summed E-state index contributed by atoms with van der Waals surface area (Å²) >= 11 is 3.35. The average molecular weight is 443 g/mol. The third-order valence-corrected chi connectivity index (χ3v) is 7.18. The number of nitrogens with zero attached hydrogens (tertiary/aromatic N) is 1. The average Bonchev–Trinajstić information content (AvgIpc) is 2.80. The number of hydrogen-bond acceptors (Lipinski definition) is 3. The molecule has 2 aliphatic carbocycles. The van der Waals surface area contributed by atoms with Gasteiger partial charge in [-0.25, -0.2) is 4.98 Å². The van der Waals surface area contributed by atoms with Gasteiger partial charge in [-0.3, -0.25) is 4.79 Å². The van der Waals surface area contributed by atoms with Gasteiger partial charge in [0.1, 0.15) is 4.60 Å². The smallest absolute Gasteiger partial charge is 0.255 e. The third kappa shape index (κ3) is 3.62. The minimum atomic E-state index is -0.160. The van der Waals surface area contributed by atoms with Gasteiger partial charge < -0.3 is 10.4 Å². The molecule has 1 aromatic carbocycles. The zero-order valence-corrected chi connectivity index (χ0v) is 18.1. The number of anilines is 1. The van der Waals surface area contributed by atoms with Crippen LogP contribution in [0.4, 0.5) is 5.69 Å². The number of halogens is 1. The van der Waals surface area contributed by atoms with Crippen molar-refractivity contribution in [1.29, 1.82) is 0 Å².